The van der Waals surface area contributed by atoms with Crippen LogP contribution in [0, 0.1) is 0 Å². The third-order valence-corrected chi connectivity index (χ3v) is 4.24. The number of rotatable bonds is 3. The fraction of sp³-hybridized carbons (Fsp3) is 0.353. The highest BCUT2D eigenvalue weighted by molar-refractivity contribution is 6.06. The van der Waals surface area contributed by atoms with Gasteiger partial charge in [0.15, 0.2) is 5.69 Å². The van der Waals surface area contributed by atoms with Gasteiger partial charge in [-0.3, -0.25) is 4.79 Å². The largest absolute Gasteiger partial charge is 0.366 e. The number of hydrogen-bond acceptors (Lipinski definition) is 4. The number of anilines is 2. The van der Waals surface area contributed by atoms with Gasteiger partial charge in [-0.15, -0.1) is 10.2 Å². The molecule has 22 heavy (non-hydrogen) atoms. The molecule has 2 aromatic rings. The molecule has 0 bridgehead atoms. The number of amides is 1. The zero-order valence-electron chi connectivity index (χ0n) is 12.5. The molecule has 1 aliphatic carbocycles. The molecule has 1 saturated carbocycles. The van der Waals surface area contributed by atoms with Gasteiger partial charge in [0.05, 0.1) is 0 Å². The van der Waals surface area contributed by atoms with Crippen LogP contribution in [-0.4, -0.2) is 28.2 Å². The maximum Gasteiger partial charge on any atom is 0.279 e. The van der Waals surface area contributed by atoms with Gasteiger partial charge in [-0.25, -0.2) is 0 Å². The third kappa shape index (κ3) is 2.32. The minimum atomic E-state index is -0.0806. The van der Waals surface area contributed by atoms with Crippen LogP contribution >= 0.6 is 0 Å². The lowest BCUT2D eigenvalue weighted by Crippen LogP contribution is -2.36. The van der Waals surface area contributed by atoms with E-state index in [0.717, 1.165) is 17.9 Å². The monoisotopic (exact) mass is 294 g/mol. The van der Waals surface area contributed by atoms with Gasteiger partial charge < -0.3 is 10.2 Å². The average molecular weight is 294 g/mol. The summed E-state index contributed by atoms with van der Waals surface area (Å²) in [5.41, 5.74) is 2.59. The summed E-state index contributed by atoms with van der Waals surface area (Å²) in [7, 11) is 0. The van der Waals surface area contributed by atoms with E-state index < -0.39 is 0 Å². The first-order valence-corrected chi connectivity index (χ1v) is 7.74. The highest BCUT2D eigenvalue weighted by atomic mass is 16.2. The van der Waals surface area contributed by atoms with Crippen molar-refractivity contribution in [1.82, 2.24) is 10.2 Å². The SMILES string of the molecule is CC1Cc2ccccc2N1C(=O)c1ccc(NC2CC2)nn1. The number of carbonyl (C=O) groups is 1. The van der Waals surface area contributed by atoms with Crippen molar-refractivity contribution >= 4 is 17.4 Å². The first-order valence-electron chi connectivity index (χ1n) is 7.74. The van der Waals surface area contributed by atoms with Crippen LogP contribution in [-0.2, 0) is 6.42 Å². The maximum absolute atomic E-state index is 12.8. The summed E-state index contributed by atoms with van der Waals surface area (Å²) in [4.78, 5) is 14.6. The number of hydrogen-bond donors (Lipinski definition) is 1. The molecule has 1 atom stereocenters. The van der Waals surface area contributed by atoms with E-state index in [-0.39, 0.29) is 11.9 Å². The molecule has 112 valence electrons. The molecule has 5 heteroatoms. The Hall–Kier alpha value is -2.43. The van der Waals surface area contributed by atoms with Gasteiger partial charge in [-0.1, -0.05) is 18.2 Å². The summed E-state index contributed by atoms with van der Waals surface area (Å²) in [6, 6.07) is 12.3. The number of nitrogens with one attached hydrogen (secondary N) is 1. The van der Waals surface area contributed by atoms with Crippen LogP contribution in [0.2, 0.25) is 0 Å². The molecule has 1 aliphatic heterocycles. The summed E-state index contributed by atoms with van der Waals surface area (Å²) in [5, 5.41) is 11.5. The molecule has 0 radical (unpaired) electrons. The predicted octanol–water partition coefficient (Wildman–Crippen LogP) is 2.64. The Morgan fingerprint density at radius 1 is 1.18 bits per heavy atom. The van der Waals surface area contributed by atoms with Gasteiger partial charge in [-0.2, -0.15) is 0 Å². The van der Waals surface area contributed by atoms with Crippen molar-refractivity contribution in [2.75, 3.05) is 10.2 Å². The molecule has 1 N–H and O–H groups in total. The Morgan fingerprint density at radius 3 is 2.73 bits per heavy atom. The second kappa shape index (κ2) is 5.09. The van der Waals surface area contributed by atoms with Crippen LogP contribution < -0.4 is 10.2 Å². The number of benzene rings is 1. The third-order valence-electron chi connectivity index (χ3n) is 4.24. The molecular weight excluding hydrogens is 276 g/mol. The minimum Gasteiger partial charge on any atom is -0.366 e. The fourth-order valence-corrected chi connectivity index (χ4v) is 2.96. The van der Waals surface area contributed by atoms with Gasteiger partial charge in [0.2, 0.25) is 0 Å². The normalized spacial score (nSPS) is 19.9. The smallest absolute Gasteiger partial charge is 0.279 e. The van der Waals surface area contributed by atoms with E-state index in [9.17, 15) is 4.79 Å². The lowest BCUT2D eigenvalue weighted by Gasteiger charge is -2.22. The van der Waals surface area contributed by atoms with E-state index >= 15 is 0 Å². The first kappa shape index (κ1) is 13.2. The van der Waals surface area contributed by atoms with Crippen molar-refractivity contribution in [1.29, 1.82) is 0 Å². The molecular formula is C17H18N4O. The quantitative estimate of drug-likeness (QED) is 0.945. The van der Waals surface area contributed by atoms with Crippen LogP contribution in [0.15, 0.2) is 36.4 Å². The van der Waals surface area contributed by atoms with E-state index in [1.807, 2.05) is 29.2 Å². The number of para-hydroxylation sites is 1. The standard InChI is InChI=1S/C17H18N4O/c1-11-10-12-4-2-3-5-15(12)21(11)17(22)14-8-9-16(20-19-14)18-13-6-7-13/h2-5,8-9,11,13H,6-7,10H2,1H3,(H,18,20). The Labute approximate surface area is 129 Å². The van der Waals surface area contributed by atoms with Gasteiger partial charge in [-0.05, 0) is 49.9 Å². The molecule has 5 nitrogen and oxygen atoms in total. The zero-order chi connectivity index (χ0) is 15.1. The minimum absolute atomic E-state index is 0.0806. The van der Waals surface area contributed by atoms with Gasteiger partial charge in [0.1, 0.15) is 5.82 Å². The van der Waals surface area contributed by atoms with Gasteiger partial charge in [0, 0.05) is 17.8 Å². The van der Waals surface area contributed by atoms with Crippen LogP contribution in [0.4, 0.5) is 11.5 Å². The predicted molar refractivity (Wildman–Crippen MR) is 85.1 cm³/mol. The fourth-order valence-electron chi connectivity index (χ4n) is 2.96. The molecule has 0 saturated heterocycles. The van der Waals surface area contributed by atoms with Crippen LogP contribution in [0.25, 0.3) is 0 Å². The number of nitrogens with zero attached hydrogens (tertiary/aromatic N) is 3. The Bertz CT molecular complexity index is 709. The lowest BCUT2D eigenvalue weighted by atomic mass is 10.1. The second-order valence-electron chi connectivity index (χ2n) is 6.08. The molecule has 4 rings (SSSR count). The van der Waals surface area contributed by atoms with E-state index in [0.29, 0.717) is 11.7 Å². The van der Waals surface area contributed by atoms with Crippen molar-refractivity contribution in [3.63, 3.8) is 0 Å². The maximum atomic E-state index is 12.8. The summed E-state index contributed by atoms with van der Waals surface area (Å²) in [6.45, 7) is 2.06. The molecule has 2 heterocycles. The summed E-state index contributed by atoms with van der Waals surface area (Å²) in [6.07, 6.45) is 3.26. The topological polar surface area (TPSA) is 58.1 Å². The second-order valence-corrected chi connectivity index (χ2v) is 6.08. The number of aromatic nitrogens is 2. The summed E-state index contributed by atoms with van der Waals surface area (Å²) in [5.74, 6) is 0.664. The van der Waals surface area contributed by atoms with Crippen LogP contribution in [0.3, 0.4) is 0 Å². The molecule has 0 spiro atoms. The van der Waals surface area contributed by atoms with Crippen molar-refractivity contribution in [3.05, 3.63) is 47.7 Å². The van der Waals surface area contributed by atoms with E-state index in [4.69, 9.17) is 0 Å². The highest BCUT2D eigenvalue weighted by Crippen LogP contribution is 2.32. The molecule has 1 unspecified atom stereocenters. The molecule has 1 aromatic heterocycles. The van der Waals surface area contributed by atoms with E-state index in [1.165, 1.54) is 18.4 Å². The first-order chi connectivity index (χ1) is 10.7. The summed E-state index contributed by atoms with van der Waals surface area (Å²) >= 11 is 0. The number of fused-ring (bicyclic) bond motifs is 1. The van der Waals surface area contributed by atoms with E-state index in [2.05, 4.69) is 28.5 Å². The highest BCUT2D eigenvalue weighted by Gasteiger charge is 2.32. The van der Waals surface area contributed by atoms with Crippen LogP contribution in [0.5, 0.6) is 0 Å². The van der Waals surface area contributed by atoms with Crippen molar-refractivity contribution in [3.8, 4) is 0 Å². The van der Waals surface area contributed by atoms with Gasteiger partial charge in [0.25, 0.3) is 5.91 Å². The van der Waals surface area contributed by atoms with Crippen molar-refractivity contribution in [2.24, 2.45) is 0 Å². The molecule has 1 fully saturated rings. The molecule has 1 aromatic carbocycles. The lowest BCUT2D eigenvalue weighted by molar-refractivity contribution is 0.0975. The molecule has 1 amide bonds. The Morgan fingerprint density at radius 2 is 2.00 bits per heavy atom. The van der Waals surface area contributed by atoms with Crippen LogP contribution in [0.1, 0.15) is 35.8 Å². The zero-order valence-corrected chi connectivity index (χ0v) is 12.5. The van der Waals surface area contributed by atoms with Gasteiger partial charge >= 0.3 is 0 Å². The Kier molecular flexibility index (Phi) is 3.06. The summed E-state index contributed by atoms with van der Waals surface area (Å²) < 4.78 is 0. The van der Waals surface area contributed by atoms with Crippen molar-refractivity contribution in [2.45, 2.75) is 38.3 Å². The molecule has 2 aliphatic rings. The average Bonchev–Trinajstić information content (AvgIpc) is 3.27. The van der Waals surface area contributed by atoms with Crippen molar-refractivity contribution < 1.29 is 4.79 Å². The number of carbonyl (C=O) groups excluding carboxylic acids is 1. The Balaban J connectivity index is 1.58. The van der Waals surface area contributed by atoms with E-state index in [1.54, 1.807) is 6.07 Å².